The van der Waals surface area contributed by atoms with Crippen molar-refractivity contribution in [2.45, 2.75) is 25.4 Å². The normalized spacial score (nSPS) is 23.7. The van der Waals surface area contributed by atoms with E-state index < -0.39 is 0 Å². The molecule has 0 aliphatic carbocycles. The number of anilines is 1. The summed E-state index contributed by atoms with van der Waals surface area (Å²) in [6.45, 7) is 4.15. The summed E-state index contributed by atoms with van der Waals surface area (Å²) in [7, 11) is 0. The Morgan fingerprint density at radius 2 is 2.33 bits per heavy atom. The lowest BCUT2D eigenvalue weighted by atomic mass is 10.1. The maximum Gasteiger partial charge on any atom is 0.0992 e. The minimum Gasteiger partial charge on any atom is -0.396 e. The van der Waals surface area contributed by atoms with Crippen molar-refractivity contribution >= 4 is 5.69 Å². The molecular formula is C14H19N3O. The van der Waals surface area contributed by atoms with Gasteiger partial charge in [0.1, 0.15) is 0 Å². The lowest BCUT2D eigenvalue weighted by Gasteiger charge is -2.39. The van der Waals surface area contributed by atoms with E-state index >= 15 is 0 Å². The highest BCUT2D eigenvalue weighted by Gasteiger charge is 2.23. The van der Waals surface area contributed by atoms with Gasteiger partial charge in [0.15, 0.2) is 0 Å². The van der Waals surface area contributed by atoms with Gasteiger partial charge >= 0.3 is 0 Å². The van der Waals surface area contributed by atoms with Gasteiger partial charge in [0.2, 0.25) is 0 Å². The first-order valence-corrected chi connectivity index (χ1v) is 6.35. The first kappa shape index (κ1) is 12.9. The van der Waals surface area contributed by atoms with Crippen molar-refractivity contribution in [3.05, 3.63) is 29.8 Å². The number of nitrogens with one attached hydrogen (secondary N) is 1. The number of piperazine rings is 1. The zero-order chi connectivity index (χ0) is 13.0. The molecule has 0 amide bonds. The van der Waals surface area contributed by atoms with Crippen molar-refractivity contribution in [3.63, 3.8) is 0 Å². The van der Waals surface area contributed by atoms with Gasteiger partial charge in [0.25, 0.3) is 0 Å². The van der Waals surface area contributed by atoms with E-state index in [1.54, 1.807) is 0 Å². The van der Waals surface area contributed by atoms with Crippen LogP contribution in [0.3, 0.4) is 0 Å². The Morgan fingerprint density at radius 1 is 1.50 bits per heavy atom. The fourth-order valence-corrected chi connectivity index (χ4v) is 2.49. The molecule has 0 saturated carbocycles. The van der Waals surface area contributed by atoms with Gasteiger partial charge in [-0.3, -0.25) is 0 Å². The Labute approximate surface area is 108 Å². The quantitative estimate of drug-likeness (QED) is 0.837. The Hall–Kier alpha value is -1.57. The smallest absolute Gasteiger partial charge is 0.0992 e. The van der Waals surface area contributed by atoms with Crippen LogP contribution in [0.15, 0.2) is 24.3 Å². The Balaban J connectivity index is 2.13. The molecule has 18 heavy (non-hydrogen) atoms. The summed E-state index contributed by atoms with van der Waals surface area (Å²) in [5.41, 5.74) is 1.78. The number of nitriles is 1. The molecule has 2 rings (SSSR count). The van der Waals surface area contributed by atoms with Gasteiger partial charge in [-0.1, -0.05) is 6.07 Å². The molecule has 2 unspecified atom stereocenters. The summed E-state index contributed by atoms with van der Waals surface area (Å²) in [6.07, 6.45) is 0.763. The molecule has 1 aliphatic heterocycles. The predicted molar refractivity (Wildman–Crippen MR) is 71.5 cm³/mol. The fourth-order valence-electron chi connectivity index (χ4n) is 2.49. The molecule has 1 saturated heterocycles. The van der Waals surface area contributed by atoms with Crippen LogP contribution in [0.1, 0.15) is 18.9 Å². The number of aliphatic hydroxyl groups is 1. The number of hydrogen-bond acceptors (Lipinski definition) is 4. The topological polar surface area (TPSA) is 59.3 Å². The zero-order valence-corrected chi connectivity index (χ0v) is 10.6. The number of rotatable bonds is 3. The molecule has 1 heterocycles. The lowest BCUT2D eigenvalue weighted by Crippen LogP contribution is -2.55. The Bertz CT molecular complexity index is 441. The van der Waals surface area contributed by atoms with Crippen molar-refractivity contribution in [1.29, 1.82) is 5.26 Å². The standard InChI is InChI=1S/C14H19N3O/c1-11-9-17(10-13(16-11)5-6-18)14-4-2-3-12(7-14)8-15/h2-4,7,11,13,16,18H,5-6,9-10H2,1H3. The largest absolute Gasteiger partial charge is 0.396 e. The van der Waals surface area contributed by atoms with Crippen molar-refractivity contribution in [1.82, 2.24) is 5.32 Å². The van der Waals surface area contributed by atoms with Crippen molar-refractivity contribution in [3.8, 4) is 6.07 Å². The third-order valence-corrected chi connectivity index (χ3v) is 3.27. The van der Waals surface area contributed by atoms with Crippen LogP contribution in [-0.4, -0.2) is 36.9 Å². The molecule has 96 valence electrons. The molecule has 0 aromatic heterocycles. The molecule has 4 nitrogen and oxygen atoms in total. The van der Waals surface area contributed by atoms with Gasteiger partial charge in [-0.15, -0.1) is 0 Å². The first-order chi connectivity index (χ1) is 8.72. The number of aliphatic hydroxyl groups excluding tert-OH is 1. The number of hydrogen-bond donors (Lipinski definition) is 2. The van der Waals surface area contributed by atoms with E-state index in [2.05, 4.69) is 23.2 Å². The second-order valence-electron chi connectivity index (χ2n) is 4.84. The van der Waals surface area contributed by atoms with Crippen LogP contribution < -0.4 is 10.2 Å². The third kappa shape index (κ3) is 3.00. The first-order valence-electron chi connectivity index (χ1n) is 6.35. The lowest BCUT2D eigenvalue weighted by molar-refractivity contribution is 0.250. The van der Waals surface area contributed by atoms with E-state index in [-0.39, 0.29) is 6.61 Å². The zero-order valence-electron chi connectivity index (χ0n) is 10.6. The summed E-state index contributed by atoms with van der Waals surface area (Å²) < 4.78 is 0. The second-order valence-corrected chi connectivity index (χ2v) is 4.84. The Kier molecular flexibility index (Phi) is 4.19. The summed E-state index contributed by atoms with van der Waals surface area (Å²) >= 11 is 0. The van der Waals surface area contributed by atoms with Crippen LogP contribution in [-0.2, 0) is 0 Å². The van der Waals surface area contributed by atoms with Crippen LogP contribution in [0.5, 0.6) is 0 Å². The average molecular weight is 245 g/mol. The van der Waals surface area contributed by atoms with E-state index in [1.165, 1.54) is 0 Å². The second kappa shape index (κ2) is 5.85. The maximum atomic E-state index is 9.04. The maximum absolute atomic E-state index is 9.04. The SMILES string of the molecule is CC1CN(c2cccc(C#N)c2)CC(CCO)N1. The van der Waals surface area contributed by atoms with E-state index in [4.69, 9.17) is 10.4 Å². The molecular weight excluding hydrogens is 226 g/mol. The van der Waals surface area contributed by atoms with Gasteiger partial charge in [-0.05, 0) is 31.5 Å². The van der Waals surface area contributed by atoms with E-state index in [0.29, 0.717) is 17.6 Å². The molecule has 2 N–H and O–H groups in total. The summed E-state index contributed by atoms with van der Waals surface area (Å²) in [5.74, 6) is 0. The molecule has 2 atom stereocenters. The highest BCUT2D eigenvalue weighted by atomic mass is 16.3. The highest BCUT2D eigenvalue weighted by molar-refractivity contribution is 5.52. The van der Waals surface area contributed by atoms with Crippen molar-refractivity contribution < 1.29 is 5.11 Å². The van der Waals surface area contributed by atoms with Crippen LogP contribution in [0.2, 0.25) is 0 Å². The van der Waals surface area contributed by atoms with Crippen LogP contribution in [0.4, 0.5) is 5.69 Å². The van der Waals surface area contributed by atoms with Gasteiger partial charge in [-0.2, -0.15) is 5.26 Å². The minimum absolute atomic E-state index is 0.205. The molecule has 1 aromatic carbocycles. The number of nitrogens with zero attached hydrogens (tertiary/aromatic N) is 2. The minimum atomic E-state index is 0.205. The van der Waals surface area contributed by atoms with Crippen molar-refractivity contribution in [2.24, 2.45) is 0 Å². The van der Waals surface area contributed by atoms with Gasteiger partial charge in [0, 0.05) is 37.5 Å². The average Bonchev–Trinajstić information content (AvgIpc) is 2.38. The monoisotopic (exact) mass is 245 g/mol. The van der Waals surface area contributed by atoms with E-state index in [1.807, 2.05) is 24.3 Å². The predicted octanol–water partition coefficient (Wildman–Crippen LogP) is 1.11. The van der Waals surface area contributed by atoms with Gasteiger partial charge < -0.3 is 15.3 Å². The molecule has 0 bridgehead atoms. The molecule has 1 fully saturated rings. The van der Waals surface area contributed by atoms with Gasteiger partial charge in [0.05, 0.1) is 11.6 Å². The number of benzene rings is 1. The summed E-state index contributed by atoms with van der Waals surface area (Å²) in [4.78, 5) is 2.28. The molecule has 0 radical (unpaired) electrons. The van der Waals surface area contributed by atoms with Crippen LogP contribution in [0, 0.1) is 11.3 Å². The Morgan fingerprint density at radius 3 is 3.06 bits per heavy atom. The third-order valence-electron chi connectivity index (χ3n) is 3.27. The molecule has 1 aromatic rings. The molecule has 4 heteroatoms. The van der Waals surface area contributed by atoms with Crippen LogP contribution in [0.25, 0.3) is 0 Å². The molecule has 1 aliphatic rings. The van der Waals surface area contributed by atoms with Crippen LogP contribution >= 0.6 is 0 Å². The fraction of sp³-hybridized carbons (Fsp3) is 0.500. The van der Waals surface area contributed by atoms with Crippen molar-refractivity contribution in [2.75, 3.05) is 24.6 Å². The summed E-state index contributed by atoms with van der Waals surface area (Å²) in [6, 6.07) is 10.6. The molecule has 0 spiro atoms. The van der Waals surface area contributed by atoms with E-state index in [0.717, 1.165) is 25.2 Å². The highest BCUT2D eigenvalue weighted by Crippen LogP contribution is 2.19. The van der Waals surface area contributed by atoms with E-state index in [9.17, 15) is 0 Å². The van der Waals surface area contributed by atoms with Gasteiger partial charge in [-0.25, -0.2) is 0 Å². The summed E-state index contributed by atoms with van der Waals surface area (Å²) in [5, 5.41) is 21.5.